The van der Waals surface area contributed by atoms with Gasteiger partial charge in [0.2, 0.25) is 0 Å². The van der Waals surface area contributed by atoms with Crippen LogP contribution in [0.5, 0.6) is 0 Å². The minimum Gasteiger partial charge on any atom is -0.347 e. The summed E-state index contributed by atoms with van der Waals surface area (Å²) in [4.78, 5) is 12.3. The maximum atomic E-state index is 13.4. The summed E-state index contributed by atoms with van der Waals surface area (Å²) in [5.41, 5.74) is 3.65. The molecule has 0 bridgehead atoms. The fourth-order valence-electron chi connectivity index (χ4n) is 2.56. The average Bonchev–Trinajstić information content (AvgIpc) is 3.12. The van der Waals surface area contributed by atoms with E-state index in [9.17, 15) is 9.18 Å². The summed E-state index contributed by atoms with van der Waals surface area (Å²) < 4.78 is 14.8. The fourth-order valence-corrected chi connectivity index (χ4v) is 2.56. The number of carbonyl (C=O) groups is 1. The summed E-state index contributed by atoms with van der Waals surface area (Å²) in [5, 5.41) is 10.7. The van der Waals surface area contributed by atoms with Crippen LogP contribution in [0.15, 0.2) is 48.7 Å². The van der Waals surface area contributed by atoms with Crippen LogP contribution in [-0.2, 0) is 6.54 Å². The molecule has 0 atom stereocenters. The van der Waals surface area contributed by atoms with E-state index < -0.39 is 0 Å². The second-order valence-corrected chi connectivity index (χ2v) is 6.56. The number of amides is 1. The predicted octanol–water partition coefficient (Wildman–Crippen LogP) is 3.77. The van der Waals surface area contributed by atoms with Gasteiger partial charge in [-0.05, 0) is 47.7 Å². The van der Waals surface area contributed by atoms with E-state index in [1.807, 2.05) is 12.1 Å². The van der Waals surface area contributed by atoms with Gasteiger partial charge in [0.1, 0.15) is 5.82 Å². The van der Waals surface area contributed by atoms with Crippen LogP contribution >= 0.6 is 0 Å². The maximum absolute atomic E-state index is 13.4. The molecule has 1 amide bonds. The standard InChI is InChI=1S/C20H21FN4O/c1-13(2)16-6-4-15(5-7-16)11-22-20(26)19-12-25(24-23-19)17-8-9-18(21)14(3)10-17/h4-10,12-13H,11H2,1-3H3,(H,22,26). The topological polar surface area (TPSA) is 59.8 Å². The Morgan fingerprint density at radius 1 is 1.19 bits per heavy atom. The third kappa shape index (κ3) is 3.96. The molecule has 6 heteroatoms. The van der Waals surface area contributed by atoms with Gasteiger partial charge in [-0.25, -0.2) is 9.07 Å². The summed E-state index contributed by atoms with van der Waals surface area (Å²) in [6.07, 6.45) is 1.53. The maximum Gasteiger partial charge on any atom is 0.273 e. The highest BCUT2D eigenvalue weighted by atomic mass is 19.1. The Morgan fingerprint density at radius 3 is 2.58 bits per heavy atom. The molecule has 2 aromatic carbocycles. The molecule has 0 saturated carbocycles. The number of halogens is 1. The molecule has 3 aromatic rings. The number of hydrogen-bond acceptors (Lipinski definition) is 3. The van der Waals surface area contributed by atoms with Crippen LogP contribution in [0.1, 0.15) is 46.9 Å². The lowest BCUT2D eigenvalue weighted by Gasteiger charge is -2.07. The molecule has 134 valence electrons. The molecule has 1 aromatic heterocycles. The predicted molar refractivity (Wildman–Crippen MR) is 97.8 cm³/mol. The molecule has 1 heterocycles. The van der Waals surface area contributed by atoms with Crippen LogP contribution < -0.4 is 5.32 Å². The Balaban J connectivity index is 1.65. The molecule has 3 rings (SSSR count). The van der Waals surface area contributed by atoms with Crippen molar-refractivity contribution >= 4 is 5.91 Å². The van der Waals surface area contributed by atoms with E-state index >= 15 is 0 Å². The summed E-state index contributed by atoms with van der Waals surface area (Å²) in [6.45, 7) is 6.37. The average molecular weight is 352 g/mol. The Bertz CT molecular complexity index is 916. The minimum absolute atomic E-state index is 0.214. The van der Waals surface area contributed by atoms with Gasteiger partial charge in [-0.15, -0.1) is 5.10 Å². The van der Waals surface area contributed by atoms with Gasteiger partial charge in [-0.3, -0.25) is 4.79 Å². The number of hydrogen-bond donors (Lipinski definition) is 1. The van der Waals surface area contributed by atoms with Crippen molar-refractivity contribution in [2.24, 2.45) is 0 Å². The minimum atomic E-state index is -0.303. The van der Waals surface area contributed by atoms with Crippen molar-refractivity contribution in [2.75, 3.05) is 0 Å². The first kappa shape index (κ1) is 17.8. The quantitative estimate of drug-likeness (QED) is 0.760. The molecule has 5 nitrogen and oxygen atoms in total. The number of aromatic nitrogens is 3. The van der Waals surface area contributed by atoms with Crippen LogP contribution in [0.3, 0.4) is 0 Å². The van der Waals surface area contributed by atoms with Gasteiger partial charge in [-0.2, -0.15) is 0 Å². The molecule has 0 aliphatic heterocycles. The van der Waals surface area contributed by atoms with Gasteiger partial charge >= 0.3 is 0 Å². The fraction of sp³-hybridized carbons (Fsp3) is 0.250. The lowest BCUT2D eigenvalue weighted by molar-refractivity contribution is 0.0946. The van der Waals surface area contributed by atoms with Gasteiger partial charge < -0.3 is 5.32 Å². The summed E-state index contributed by atoms with van der Waals surface area (Å²) >= 11 is 0. The molecular weight excluding hydrogens is 331 g/mol. The van der Waals surface area contributed by atoms with Crippen molar-refractivity contribution in [1.82, 2.24) is 20.3 Å². The molecule has 0 aliphatic rings. The Kier molecular flexibility index (Phi) is 5.11. The normalized spacial score (nSPS) is 11.0. The number of benzene rings is 2. The van der Waals surface area contributed by atoms with Crippen molar-refractivity contribution in [3.63, 3.8) is 0 Å². The Labute approximate surface area is 151 Å². The molecule has 1 N–H and O–H groups in total. The van der Waals surface area contributed by atoms with E-state index in [1.165, 1.54) is 22.5 Å². The van der Waals surface area contributed by atoms with Crippen LogP contribution in [0.2, 0.25) is 0 Å². The zero-order valence-corrected chi connectivity index (χ0v) is 15.0. The van der Waals surface area contributed by atoms with Crippen LogP contribution in [0.25, 0.3) is 5.69 Å². The van der Waals surface area contributed by atoms with Crippen molar-refractivity contribution in [3.05, 3.63) is 76.9 Å². The molecule has 0 saturated heterocycles. The highest BCUT2D eigenvalue weighted by Crippen LogP contribution is 2.15. The smallest absolute Gasteiger partial charge is 0.273 e. The Hall–Kier alpha value is -3.02. The van der Waals surface area contributed by atoms with Crippen molar-refractivity contribution in [3.8, 4) is 5.69 Å². The van der Waals surface area contributed by atoms with E-state index in [4.69, 9.17) is 0 Å². The number of nitrogens with zero attached hydrogens (tertiary/aromatic N) is 3. The van der Waals surface area contributed by atoms with Gasteiger partial charge in [0, 0.05) is 6.54 Å². The molecule has 0 aliphatic carbocycles. The first-order valence-corrected chi connectivity index (χ1v) is 8.50. The van der Waals surface area contributed by atoms with E-state index in [-0.39, 0.29) is 17.4 Å². The summed E-state index contributed by atoms with van der Waals surface area (Å²) in [6, 6.07) is 12.8. The second kappa shape index (κ2) is 7.47. The van der Waals surface area contributed by atoms with E-state index in [0.29, 0.717) is 23.7 Å². The number of rotatable bonds is 5. The third-order valence-electron chi connectivity index (χ3n) is 4.23. The van der Waals surface area contributed by atoms with Gasteiger partial charge in [-0.1, -0.05) is 43.3 Å². The number of nitrogens with one attached hydrogen (secondary N) is 1. The summed E-state index contributed by atoms with van der Waals surface area (Å²) in [7, 11) is 0. The van der Waals surface area contributed by atoms with Gasteiger partial charge in [0.05, 0.1) is 11.9 Å². The van der Waals surface area contributed by atoms with Crippen molar-refractivity contribution in [2.45, 2.75) is 33.2 Å². The molecule has 26 heavy (non-hydrogen) atoms. The van der Waals surface area contributed by atoms with E-state index in [2.05, 4.69) is 41.6 Å². The lowest BCUT2D eigenvalue weighted by atomic mass is 10.0. The molecular formula is C20H21FN4O. The molecule has 0 radical (unpaired) electrons. The zero-order chi connectivity index (χ0) is 18.7. The molecule has 0 fully saturated rings. The van der Waals surface area contributed by atoms with Crippen LogP contribution in [-0.4, -0.2) is 20.9 Å². The largest absolute Gasteiger partial charge is 0.347 e. The van der Waals surface area contributed by atoms with Crippen molar-refractivity contribution in [1.29, 1.82) is 0 Å². The molecule has 0 spiro atoms. The second-order valence-electron chi connectivity index (χ2n) is 6.56. The van der Waals surface area contributed by atoms with E-state index in [1.54, 1.807) is 19.1 Å². The lowest BCUT2D eigenvalue weighted by Crippen LogP contribution is -2.23. The number of carbonyl (C=O) groups excluding carboxylic acids is 1. The first-order chi connectivity index (χ1) is 12.4. The third-order valence-corrected chi connectivity index (χ3v) is 4.23. The molecule has 0 unspecified atom stereocenters. The summed E-state index contributed by atoms with van der Waals surface area (Å²) in [5.74, 6) is -0.109. The van der Waals surface area contributed by atoms with Gasteiger partial charge in [0.25, 0.3) is 5.91 Å². The monoisotopic (exact) mass is 352 g/mol. The SMILES string of the molecule is Cc1cc(-n2cc(C(=O)NCc3ccc(C(C)C)cc3)nn2)ccc1F. The number of aryl methyl sites for hydroxylation is 1. The van der Waals surface area contributed by atoms with Gasteiger partial charge in [0.15, 0.2) is 5.69 Å². The van der Waals surface area contributed by atoms with Crippen LogP contribution in [0.4, 0.5) is 4.39 Å². The van der Waals surface area contributed by atoms with Crippen molar-refractivity contribution < 1.29 is 9.18 Å². The Morgan fingerprint density at radius 2 is 1.92 bits per heavy atom. The zero-order valence-electron chi connectivity index (χ0n) is 15.0. The first-order valence-electron chi connectivity index (χ1n) is 8.50. The van der Waals surface area contributed by atoms with E-state index in [0.717, 1.165) is 5.56 Å². The van der Waals surface area contributed by atoms with Crippen LogP contribution in [0, 0.1) is 12.7 Å². The highest BCUT2D eigenvalue weighted by molar-refractivity contribution is 5.91. The highest BCUT2D eigenvalue weighted by Gasteiger charge is 2.12.